The molecule has 3 heterocycles. The summed E-state index contributed by atoms with van der Waals surface area (Å²) in [4.78, 5) is 12.1. The Morgan fingerprint density at radius 1 is 1.23 bits per heavy atom. The normalized spacial score (nSPS) is 16.6. The van der Waals surface area contributed by atoms with Gasteiger partial charge in [-0.15, -0.1) is 10.2 Å². The van der Waals surface area contributed by atoms with E-state index in [1.807, 2.05) is 27.0 Å². The van der Waals surface area contributed by atoms with Crippen LogP contribution >= 0.6 is 0 Å². The van der Waals surface area contributed by atoms with Gasteiger partial charge in [-0.3, -0.25) is 9.25 Å². The molecule has 8 heteroatoms. The van der Waals surface area contributed by atoms with E-state index in [1.165, 1.54) is 0 Å². The molecule has 0 saturated carbocycles. The van der Waals surface area contributed by atoms with Crippen LogP contribution in [0.4, 0.5) is 0 Å². The van der Waals surface area contributed by atoms with Crippen LogP contribution in [0.25, 0.3) is 22.6 Å². The van der Waals surface area contributed by atoms with E-state index in [0.29, 0.717) is 12.3 Å². The number of esters is 1. The molecule has 1 aliphatic heterocycles. The standard InChI is InChI=1S/C22H27N5O3/c1-5-29-22(28)18-13-19(26(4)25-18)17-12-16(10-9-14(17)2)21-24-23-15(3)27(21)20-8-6-7-11-30-20/h9-10,12-13,20H,5-8,11H2,1-4H3. The van der Waals surface area contributed by atoms with Crippen LogP contribution in [0, 0.1) is 13.8 Å². The van der Waals surface area contributed by atoms with Crippen LogP contribution in [0.3, 0.4) is 0 Å². The van der Waals surface area contributed by atoms with Crippen LogP contribution in [0.1, 0.15) is 54.3 Å². The van der Waals surface area contributed by atoms with Crippen molar-refractivity contribution in [3.05, 3.63) is 41.3 Å². The summed E-state index contributed by atoms with van der Waals surface area (Å²) < 4.78 is 14.9. The highest BCUT2D eigenvalue weighted by molar-refractivity contribution is 5.89. The molecule has 0 N–H and O–H groups in total. The minimum absolute atomic E-state index is 0.0411. The molecule has 0 bridgehead atoms. The summed E-state index contributed by atoms with van der Waals surface area (Å²) in [7, 11) is 1.83. The second-order valence-corrected chi connectivity index (χ2v) is 7.55. The van der Waals surface area contributed by atoms with Gasteiger partial charge < -0.3 is 9.47 Å². The second-order valence-electron chi connectivity index (χ2n) is 7.55. The molecule has 30 heavy (non-hydrogen) atoms. The Labute approximate surface area is 175 Å². The largest absolute Gasteiger partial charge is 0.461 e. The monoisotopic (exact) mass is 409 g/mol. The van der Waals surface area contributed by atoms with E-state index in [-0.39, 0.29) is 6.23 Å². The first-order valence-electron chi connectivity index (χ1n) is 10.3. The number of hydrogen-bond acceptors (Lipinski definition) is 6. The predicted octanol–water partition coefficient (Wildman–Crippen LogP) is 3.84. The summed E-state index contributed by atoms with van der Waals surface area (Å²) in [5.74, 6) is 1.20. The number of aryl methyl sites for hydroxylation is 3. The molecular formula is C22H27N5O3. The van der Waals surface area contributed by atoms with E-state index >= 15 is 0 Å². The number of ether oxygens (including phenoxy) is 2. The van der Waals surface area contributed by atoms with Gasteiger partial charge in [0.05, 0.1) is 12.3 Å². The highest BCUT2D eigenvalue weighted by atomic mass is 16.5. The zero-order chi connectivity index (χ0) is 21.3. The summed E-state index contributed by atoms with van der Waals surface area (Å²) in [5.41, 5.74) is 4.15. The van der Waals surface area contributed by atoms with Crippen molar-refractivity contribution in [1.29, 1.82) is 0 Å². The summed E-state index contributed by atoms with van der Waals surface area (Å²) in [6.07, 6.45) is 3.13. The Morgan fingerprint density at radius 3 is 2.80 bits per heavy atom. The molecule has 0 radical (unpaired) electrons. The minimum Gasteiger partial charge on any atom is -0.461 e. The summed E-state index contributed by atoms with van der Waals surface area (Å²) in [6.45, 7) is 6.85. The maximum atomic E-state index is 12.1. The number of carbonyl (C=O) groups excluding carboxylic acids is 1. The van der Waals surface area contributed by atoms with Crippen LogP contribution in [-0.4, -0.2) is 43.7 Å². The maximum absolute atomic E-state index is 12.1. The SMILES string of the molecule is CCOC(=O)c1cc(-c2cc(-c3nnc(C)n3C3CCCCO3)ccc2C)n(C)n1. The van der Waals surface area contributed by atoms with Crippen molar-refractivity contribution in [1.82, 2.24) is 24.5 Å². The zero-order valence-corrected chi connectivity index (χ0v) is 17.9. The number of carbonyl (C=O) groups is 1. The molecule has 3 aromatic rings. The molecule has 1 aliphatic rings. The first-order chi connectivity index (χ1) is 14.5. The highest BCUT2D eigenvalue weighted by Gasteiger charge is 2.23. The van der Waals surface area contributed by atoms with Crippen LogP contribution < -0.4 is 0 Å². The topological polar surface area (TPSA) is 84.1 Å². The molecule has 0 spiro atoms. The Bertz CT molecular complexity index is 1060. The fraction of sp³-hybridized carbons (Fsp3) is 0.455. The number of nitrogens with zero attached hydrogens (tertiary/aromatic N) is 5. The number of hydrogen-bond donors (Lipinski definition) is 0. The molecular weight excluding hydrogens is 382 g/mol. The first kappa shape index (κ1) is 20.3. The van der Waals surface area contributed by atoms with E-state index in [2.05, 4.69) is 32.0 Å². The van der Waals surface area contributed by atoms with Gasteiger partial charge in [-0.1, -0.05) is 12.1 Å². The van der Waals surface area contributed by atoms with Crippen LogP contribution in [0.5, 0.6) is 0 Å². The maximum Gasteiger partial charge on any atom is 0.358 e. The van der Waals surface area contributed by atoms with Crippen LogP contribution in [-0.2, 0) is 16.5 Å². The summed E-state index contributed by atoms with van der Waals surface area (Å²) in [6, 6.07) is 7.94. The highest BCUT2D eigenvalue weighted by Crippen LogP contribution is 2.32. The molecule has 1 fully saturated rings. The molecule has 0 aliphatic carbocycles. The Balaban J connectivity index is 1.75. The number of aromatic nitrogens is 5. The number of rotatable bonds is 5. The minimum atomic E-state index is -0.419. The lowest BCUT2D eigenvalue weighted by Gasteiger charge is -2.25. The van der Waals surface area contributed by atoms with Crippen molar-refractivity contribution in [2.75, 3.05) is 13.2 Å². The van der Waals surface area contributed by atoms with Gasteiger partial charge in [0, 0.05) is 24.8 Å². The smallest absolute Gasteiger partial charge is 0.358 e. The molecule has 158 valence electrons. The second kappa shape index (κ2) is 8.39. The lowest BCUT2D eigenvalue weighted by molar-refractivity contribution is -0.0322. The third kappa shape index (κ3) is 3.75. The van der Waals surface area contributed by atoms with E-state index in [9.17, 15) is 4.79 Å². The van der Waals surface area contributed by atoms with Gasteiger partial charge in [-0.2, -0.15) is 5.10 Å². The fourth-order valence-electron chi connectivity index (χ4n) is 3.90. The molecule has 0 amide bonds. The average Bonchev–Trinajstić information content (AvgIpc) is 3.32. The molecule has 8 nitrogen and oxygen atoms in total. The van der Waals surface area contributed by atoms with Crippen LogP contribution in [0.2, 0.25) is 0 Å². The van der Waals surface area contributed by atoms with Crippen LogP contribution in [0.15, 0.2) is 24.3 Å². The van der Waals surface area contributed by atoms with E-state index in [4.69, 9.17) is 9.47 Å². The molecule has 2 aromatic heterocycles. The van der Waals surface area contributed by atoms with Gasteiger partial charge >= 0.3 is 5.97 Å². The van der Waals surface area contributed by atoms with Gasteiger partial charge in [0.15, 0.2) is 11.5 Å². The summed E-state index contributed by atoms with van der Waals surface area (Å²) in [5, 5.41) is 13.1. The van der Waals surface area contributed by atoms with Gasteiger partial charge in [-0.05, 0) is 57.7 Å². The van der Waals surface area contributed by atoms with Crippen molar-refractivity contribution in [2.45, 2.75) is 46.3 Å². The molecule has 1 aromatic carbocycles. The van der Waals surface area contributed by atoms with Crippen molar-refractivity contribution >= 4 is 5.97 Å². The summed E-state index contributed by atoms with van der Waals surface area (Å²) >= 11 is 0. The van der Waals surface area contributed by atoms with E-state index in [0.717, 1.165) is 59.9 Å². The lowest BCUT2D eigenvalue weighted by Crippen LogP contribution is -2.20. The van der Waals surface area contributed by atoms with E-state index < -0.39 is 5.97 Å². The molecule has 1 saturated heterocycles. The average molecular weight is 409 g/mol. The van der Waals surface area contributed by atoms with Crippen molar-refractivity contribution < 1.29 is 14.3 Å². The van der Waals surface area contributed by atoms with Crippen molar-refractivity contribution in [3.63, 3.8) is 0 Å². The predicted molar refractivity (Wildman–Crippen MR) is 112 cm³/mol. The first-order valence-corrected chi connectivity index (χ1v) is 10.3. The van der Waals surface area contributed by atoms with Gasteiger partial charge in [0.2, 0.25) is 0 Å². The Morgan fingerprint density at radius 2 is 2.07 bits per heavy atom. The van der Waals surface area contributed by atoms with Crippen molar-refractivity contribution in [2.24, 2.45) is 7.05 Å². The molecule has 1 atom stereocenters. The number of benzene rings is 1. The van der Waals surface area contributed by atoms with Gasteiger partial charge in [0.25, 0.3) is 0 Å². The lowest BCUT2D eigenvalue weighted by atomic mass is 10.0. The Hall–Kier alpha value is -3.00. The quantitative estimate of drug-likeness (QED) is 0.596. The Kier molecular flexibility index (Phi) is 5.67. The zero-order valence-electron chi connectivity index (χ0n) is 17.9. The molecule has 1 unspecified atom stereocenters. The third-order valence-corrected chi connectivity index (χ3v) is 5.45. The third-order valence-electron chi connectivity index (χ3n) is 5.45. The fourth-order valence-corrected chi connectivity index (χ4v) is 3.90. The van der Waals surface area contributed by atoms with E-state index in [1.54, 1.807) is 17.7 Å². The van der Waals surface area contributed by atoms with Gasteiger partial charge in [0.1, 0.15) is 12.1 Å². The van der Waals surface area contributed by atoms with Gasteiger partial charge in [-0.25, -0.2) is 4.79 Å². The van der Waals surface area contributed by atoms with Crippen molar-refractivity contribution in [3.8, 4) is 22.6 Å². The molecule has 4 rings (SSSR count).